The van der Waals surface area contributed by atoms with Gasteiger partial charge in [0.2, 0.25) is 0 Å². The van der Waals surface area contributed by atoms with Crippen LogP contribution in [0.25, 0.3) is 5.76 Å². The Morgan fingerprint density at radius 1 is 0.969 bits per heavy atom. The third kappa shape index (κ3) is 4.79. The van der Waals surface area contributed by atoms with E-state index in [-0.39, 0.29) is 11.3 Å². The number of aliphatic hydroxyl groups is 1. The molecule has 1 aliphatic rings. The minimum absolute atomic E-state index is 0.0859. The van der Waals surface area contributed by atoms with Gasteiger partial charge in [-0.2, -0.15) is 0 Å². The molecule has 0 saturated carbocycles. The zero-order chi connectivity index (χ0) is 23.1. The molecule has 1 heterocycles. The molecule has 1 N–H and O–H groups in total. The molecule has 0 radical (unpaired) electrons. The first-order chi connectivity index (χ1) is 15.5. The van der Waals surface area contributed by atoms with E-state index in [0.29, 0.717) is 36.8 Å². The predicted octanol–water partition coefficient (Wildman–Crippen LogP) is 5.10. The maximum Gasteiger partial charge on any atom is 0.295 e. The topological polar surface area (TPSA) is 76.1 Å². The van der Waals surface area contributed by atoms with Crippen molar-refractivity contribution in [3.63, 3.8) is 0 Å². The summed E-state index contributed by atoms with van der Waals surface area (Å²) in [5.41, 5.74) is 1.24. The molecular formula is C26H31NO5. The monoisotopic (exact) mass is 437 g/mol. The molecule has 1 aliphatic heterocycles. The fraction of sp³-hybridized carbons (Fsp3) is 0.385. The quantitative estimate of drug-likeness (QED) is 0.242. The molecule has 170 valence electrons. The van der Waals surface area contributed by atoms with Crippen molar-refractivity contribution in [1.29, 1.82) is 0 Å². The van der Waals surface area contributed by atoms with Crippen molar-refractivity contribution in [2.45, 2.75) is 46.1 Å². The van der Waals surface area contributed by atoms with Crippen LogP contribution >= 0.6 is 0 Å². The van der Waals surface area contributed by atoms with Crippen LogP contribution in [0.1, 0.15) is 57.2 Å². The molecule has 3 rings (SSSR count). The van der Waals surface area contributed by atoms with Gasteiger partial charge in [0, 0.05) is 12.6 Å². The van der Waals surface area contributed by atoms with Crippen molar-refractivity contribution in [1.82, 2.24) is 4.90 Å². The molecule has 6 heteroatoms. The van der Waals surface area contributed by atoms with Crippen molar-refractivity contribution in [3.05, 3.63) is 65.2 Å². The average molecular weight is 438 g/mol. The standard InChI is InChI=1S/C26H31NO5/c1-4-7-11-16-27-23(18-12-9-8-10-13-18)22(25(29)26(27)30)24(28)20-15-14-19(31-5-2)17-21(20)32-6-3/h8-10,12-15,17,23,28H,4-7,11,16H2,1-3H3/b24-22-. The summed E-state index contributed by atoms with van der Waals surface area (Å²) in [5.74, 6) is -0.488. The Hall–Kier alpha value is -3.28. The fourth-order valence-electron chi connectivity index (χ4n) is 4.00. The van der Waals surface area contributed by atoms with Crippen LogP contribution in [-0.2, 0) is 9.59 Å². The van der Waals surface area contributed by atoms with Gasteiger partial charge in [0.1, 0.15) is 17.3 Å². The minimum atomic E-state index is -0.677. The zero-order valence-electron chi connectivity index (χ0n) is 19.0. The highest BCUT2D eigenvalue weighted by atomic mass is 16.5. The molecule has 2 aromatic carbocycles. The number of aliphatic hydroxyl groups excluding tert-OH is 1. The summed E-state index contributed by atoms with van der Waals surface area (Å²) < 4.78 is 11.3. The lowest BCUT2D eigenvalue weighted by atomic mass is 9.95. The summed E-state index contributed by atoms with van der Waals surface area (Å²) in [6.45, 7) is 7.14. The Bertz CT molecular complexity index is 983. The fourth-order valence-corrected chi connectivity index (χ4v) is 4.00. The molecule has 6 nitrogen and oxygen atoms in total. The van der Waals surface area contributed by atoms with E-state index in [4.69, 9.17) is 9.47 Å². The summed E-state index contributed by atoms with van der Waals surface area (Å²) >= 11 is 0. The number of benzene rings is 2. The van der Waals surface area contributed by atoms with Crippen LogP contribution in [0.3, 0.4) is 0 Å². The molecule has 0 aromatic heterocycles. The number of hydrogen-bond donors (Lipinski definition) is 1. The van der Waals surface area contributed by atoms with Crippen LogP contribution in [0, 0.1) is 0 Å². The van der Waals surface area contributed by atoms with Crippen LogP contribution in [0.4, 0.5) is 0 Å². The van der Waals surface area contributed by atoms with E-state index in [9.17, 15) is 14.7 Å². The average Bonchev–Trinajstić information content (AvgIpc) is 3.05. The first kappa shape index (κ1) is 23.4. The highest BCUT2D eigenvalue weighted by Crippen LogP contribution is 2.41. The van der Waals surface area contributed by atoms with Gasteiger partial charge in [0.25, 0.3) is 11.7 Å². The van der Waals surface area contributed by atoms with Gasteiger partial charge in [0.15, 0.2) is 0 Å². The first-order valence-electron chi connectivity index (χ1n) is 11.3. The van der Waals surface area contributed by atoms with E-state index in [1.54, 1.807) is 23.1 Å². The van der Waals surface area contributed by atoms with Gasteiger partial charge in [-0.25, -0.2) is 0 Å². The number of Topliss-reactive ketones (excluding diaryl/α,β-unsaturated/α-hetero) is 1. The number of amides is 1. The van der Waals surface area contributed by atoms with Gasteiger partial charge in [-0.3, -0.25) is 9.59 Å². The smallest absolute Gasteiger partial charge is 0.295 e. The molecule has 0 bridgehead atoms. The van der Waals surface area contributed by atoms with Crippen LogP contribution in [0.5, 0.6) is 11.5 Å². The van der Waals surface area contributed by atoms with Gasteiger partial charge >= 0.3 is 0 Å². The van der Waals surface area contributed by atoms with Crippen molar-refractivity contribution >= 4 is 17.4 Å². The number of rotatable bonds is 10. The van der Waals surface area contributed by atoms with Gasteiger partial charge in [-0.05, 0) is 38.0 Å². The lowest BCUT2D eigenvalue weighted by molar-refractivity contribution is -0.139. The third-order valence-electron chi connectivity index (χ3n) is 5.48. The van der Waals surface area contributed by atoms with Gasteiger partial charge < -0.3 is 19.5 Å². The second-order valence-electron chi connectivity index (χ2n) is 7.63. The molecule has 0 spiro atoms. The third-order valence-corrected chi connectivity index (χ3v) is 5.48. The Kier molecular flexibility index (Phi) is 7.92. The molecule has 2 aromatic rings. The van der Waals surface area contributed by atoms with E-state index in [1.165, 1.54) is 0 Å². The van der Waals surface area contributed by atoms with Crippen LogP contribution in [0.15, 0.2) is 54.1 Å². The largest absolute Gasteiger partial charge is 0.507 e. The SMILES string of the molecule is CCCCCN1C(=O)C(=O)/C(=C(\O)c2ccc(OCC)cc2OCC)C1c1ccccc1. The molecule has 1 amide bonds. The first-order valence-corrected chi connectivity index (χ1v) is 11.3. The molecule has 0 aliphatic carbocycles. The zero-order valence-corrected chi connectivity index (χ0v) is 19.0. The van der Waals surface area contributed by atoms with Gasteiger partial charge in [0.05, 0.1) is 30.4 Å². The number of unbranched alkanes of at least 4 members (excludes halogenated alkanes) is 2. The van der Waals surface area contributed by atoms with Crippen LogP contribution in [0.2, 0.25) is 0 Å². The van der Waals surface area contributed by atoms with E-state index in [1.807, 2.05) is 44.2 Å². The molecule has 1 fully saturated rings. The van der Waals surface area contributed by atoms with E-state index < -0.39 is 17.7 Å². The second-order valence-corrected chi connectivity index (χ2v) is 7.63. The summed E-state index contributed by atoms with van der Waals surface area (Å²) in [5, 5.41) is 11.3. The molecule has 1 saturated heterocycles. The number of carbonyl (C=O) groups excluding carboxylic acids is 2. The van der Waals surface area contributed by atoms with Crippen molar-refractivity contribution < 1.29 is 24.2 Å². The maximum absolute atomic E-state index is 13.1. The number of likely N-dealkylation sites (tertiary alicyclic amines) is 1. The highest BCUT2D eigenvalue weighted by molar-refractivity contribution is 6.46. The number of ketones is 1. The summed E-state index contributed by atoms with van der Waals surface area (Å²) in [6.07, 6.45) is 2.75. The van der Waals surface area contributed by atoms with Crippen molar-refractivity contribution in [3.8, 4) is 11.5 Å². The predicted molar refractivity (Wildman–Crippen MR) is 124 cm³/mol. The Labute approximate surface area is 189 Å². The highest BCUT2D eigenvalue weighted by Gasteiger charge is 2.46. The van der Waals surface area contributed by atoms with E-state index in [2.05, 4.69) is 6.92 Å². The molecule has 32 heavy (non-hydrogen) atoms. The minimum Gasteiger partial charge on any atom is -0.507 e. The van der Waals surface area contributed by atoms with E-state index >= 15 is 0 Å². The van der Waals surface area contributed by atoms with Crippen LogP contribution in [-0.4, -0.2) is 41.5 Å². The lowest BCUT2D eigenvalue weighted by Crippen LogP contribution is -2.30. The van der Waals surface area contributed by atoms with E-state index in [0.717, 1.165) is 24.8 Å². The molecular weight excluding hydrogens is 406 g/mol. The normalized spacial score (nSPS) is 17.6. The van der Waals surface area contributed by atoms with Crippen molar-refractivity contribution in [2.75, 3.05) is 19.8 Å². The summed E-state index contributed by atoms with van der Waals surface area (Å²) in [4.78, 5) is 27.6. The summed E-state index contributed by atoms with van der Waals surface area (Å²) in [7, 11) is 0. The van der Waals surface area contributed by atoms with Crippen LogP contribution < -0.4 is 9.47 Å². The number of hydrogen-bond acceptors (Lipinski definition) is 5. The number of nitrogens with zero attached hydrogens (tertiary/aromatic N) is 1. The lowest BCUT2D eigenvalue weighted by Gasteiger charge is -2.25. The summed E-state index contributed by atoms with van der Waals surface area (Å²) in [6, 6.07) is 13.8. The number of ether oxygens (including phenoxy) is 2. The Morgan fingerprint density at radius 3 is 2.34 bits per heavy atom. The van der Waals surface area contributed by atoms with Gasteiger partial charge in [-0.1, -0.05) is 50.1 Å². The van der Waals surface area contributed by atoms with Crippen molar-refractivity contribution in [2.24, 2.45) is 0 Å². The molecule has 1 atom stereocenters. The number of carbonyl (C=O) groups is 2. The second kappa shape index (κ2) is 10.8. The Balaban J connectivity index is 2.13. The maximum atomic E-state index is 13.1. The molecule has 1 unspecified atom stereocenters. The Morgan fingerprint density at radius 2 is 1.69 bits per heavy atom. The van der Waals surface area contributed by atoms with Gasteiger partial charge in [-0.15, -0.1) is 0 Å².